The zero-order chi connectivity index (χ0) is 21.2. The highest BCUT2D eigenvalue weighted by molar-refractivity contribution is 5.98. The van der Waals surface area contributed by atoms with Gasteiger partial charge in [0.1, 0.15) is 0 Å². The number of nitrogens with zero attached hydrogens (tertiary/aromatic N) is 1. The van der Waals surface area contributed by atoms with E-state index in [9.17, 15) is 4.79 Å². The fourth-order valence-electron chi connectivity index (χ4n) is 2.93. The number of hydrogen-bond donors (Lipinski definition) is 1. The van der Waals surface area contributed by atoms with Gasteiger partial charge in [0.2, 0.25) is 0 Å². The summed E-state index contributed by atoms with van der Waals surface area (Å²) < 4.78 is 10.7. The van der Waals surface area contributed by atoms with Crippen LogP contribution < -0.4 is 14.9 Å². The minimum atomic E-state index is -0.263. The van der Waals surface area contributed by atoms with Crippen LogP contribution in [0.1, 0.15) is 16.7 Å². The Morgan fingerprint density at radius 3 is 2.20 bits per heavy atom. The highest BCUT2D eigenvalue weighted by atomic mass is 16.5. The summed E-state index contributed by atoms with van der Waals surface area (Å²) in [4.78, 5) is 12.9. The third kappa shape index (κ3) is 5.82. The molecule has 0 aliphatic heterocycles. The molecule has 0 aliphatic carbocycles. The van der Waals surface area contributed by atoms with Crippen LogP contribution in [-0.4, -0.2) is 26.3 Å². The molecule has 0 heterocycles. The van der Waals surface area contributed by atoms with Crippen molar-refractivity contribution in [3.8, 4) is 11.5 Å². The standard InChI is InChI=1S/C25H24N2O3/c1-29-23-14-13-21(17-24(23)30-2)16-22(15-19-9-5-3-6-10-19)25(28)27-26-18-20-11-7-4-8-12-20/h3-14,16-18H,15H2,1-2H3,(H,27,28)/b22-16+,26-18+. The van der Waals surface area contributed by atoms with Crippen molar-refractivity contribution in [2.24, 2.45) is 5.10 Å². The highest BCUT2D eigenvalue weighted by Gasteiger charge is 2.11. The van der Waals surface area contributed by atoms with Crippen LogP contribution in [0.5, 0.6) is 11.5 Å². The molecule has 5 nitrogen and oxygen atoms in total. The van der Waals surface area contributed by atoms with Crippen molar-refractivity contribution < 1.29 is 14.3 Å². The third-order valence-electron chi connectivity index (χ3n) is 4.46. The molecule has 0 bridgehead atoms. The van der Waals surface area contributed by atoms with E-state index in [2.05, 4.69) is 10.5 Å². The highest BCUT2D eigenvalue weighted by Crippen LogP contribution is 2.28. The maximum atomic E-state index is 12.9. The first kappa shape index (κ1) is 20.9. The smallest absolute Gasteiger partial charge is 0.267 e. The van der Waals surface area contributed by atoms with Crippen LogP contribution >= 0.6 is 0 Å². The van der Waals surface area contributed by atoms with Crippen LogP contribution in [0.4, 0.5) is 0 Å². The molecule has 3 aromatic carbocycles. The molecule has 0 saturated carbocycles. The Balaban J connectivity index is 1.85. The number of rotatable bonds is 8. The Kier molecular flexibility index (Phi) is 7.39. The molecule has 30 heavy (non-hydrogen) atoms. The molecule has 3 aromatic rings. The minimum Gasteiger partial charge on any atom is -0.493 e. The van der Waals surface area contributed by atoms with E-state index < -0.39 is 0 Å². The van der Waals surface area contributed by atoms with Gasteiger partial charge in [-0.25, -0.2) is 5.43 Å². The van der Waals surface area contributed by atoms with Gasteiger partial charge >= 0.3 is 0 Å². The van der Waals surface area contributed by atoms with Crippen LogP contribution in [0.3, 0.4) is 0 Å². The van der Waals surface area contributed by atoms with E-state index in [0.29, 0.717) is 23.5 Å². The first-order valence-corrected chi connectivity index (χ1v) is 9.54. The van der Waals surface area contributed by atoms with E-state index in [1.807, 2.05) is 84.9 Å². The van der Waals surface area contributed by atoms with E-state index >= 15 is 0 Å². The van der Waals surface area contributed by atoms with Gasteiger partial charge < -0.3 is 9.47 Å². The molecule has 5 heteroatoms. The SMILES string of the molecule is COc1ccc(/C=C(\Cc2ccccc2)C(=O)N/N=C/c2ccccc2)cc1OC. The summed E-state index contributed by atoms with van der Waals surface area (Å²) in [7, 11) is 3.17. The molecule has 1 N–H and O–H groups in total. The summed E-state index contributed by atoms with van der Waals surface area (Å²) in [6.07, 6.45) is 3.93. The number of amides is 1. The van der Waals surface area contributed by atoms with Crippen LogP contribution in [0, 0.1) is 0 Å². The maximum absolute atomic E-state index is 12.9. The van der Waals surface area contributed by atoms with E-state index in [1.165, 1.54) is 0 Å². The number of methoxy groups -OCH3 is 2. The van der Waals surface area contributed by atoms with E-state index in [4.69, 9.17) is 9.47 Å². The molecule has 3 rings (SSSR count). The van der Waals surface area contributed by atoms with Gasteiger partial charge in [0.15, 0.2) is 11.5 Å². The van der Waals surface area contributed by atoms with Gasteiger partial charge in [-0.3, -0.25) is 4.79 Å². The number of ether oxygens (including phenoxy) is 2. The topological polar surface area (TPSA) is 59.9 Å². The number of carbonyl (C=O) groups excluding carboxylic acids is 1. The van der Waals surface area contributed by atoms with Crippen LogP contribution in [-0.2, 0) is 11.2 Å². The molecule has 0 spiro atoms. The van der Waals surface area contributed by atoms with Crippen molar-refractivity contribution in [3.05, 3.63) is 101 Å². The summed E-state index contributed by atoms with van der Waals surface area (Å²) in [5.74, 6) is 0.977. The maximum Gasteiger partial charge on any atom is 0.267 e. The number of benzene rings is 3. The predicted octanol–water partition coefficient (Wildman–Crippen LogP) is 4.48. The summed E-state index contributed by atoms with van der Waals surface area (Å²) in [5.41, 5.74) is 5.99. The van der Waals surface area contributed by atoms with Gasteiger partial charge in [0.25, 0.3) is 5.91 Å². The quantitative estimate of drug-likeness (QED) is 0.345. The van der Waals surface area contributed by atoms with Gasteiger partial charge in [0, 0.05) is 12.0 Å². The van der Waals surface area contributed by atoms with Gasteiger partial charge in [-0.15, -0.1) is 0 Å². The second kappa shape index (κ2) is 10.6. The summed E-state index contributed by atoms with van der Waals surface area (Å²) in [5, 5.41) is 4.10. The average Bonchev–Trinajstić information content (AvgIpc) is 2.80. The lowest BCUT2D eigenvalue weighted by Gasteiger charge is -2.10. The van der Waals surface area contributed by atoms with Gasteiger partial charge in [-0.1, -0.05) is 66.7 Å². The zero-order valence-electron chi connectivity index (χ0n) is 17.0. The van der Waals surface area contributed by atoms with Gasteiger partial charge in [0.05, 0.1) is 20.4 Å². The lowest BCUT2D eigenvalue weighted by Crippen LogP contribution is -2.21. The molecule has 1 amide bonds. The first-order chi connectivity index (χ1) is 14.7. The zero-order valence-corrected chi connectivity index (χ0v) is 17.0. The van der Waals surface area contributed by atoms with Crippen LogP contribution in [0.2, 0.25) is 0 Å². The number of nitrogens with one attached hydrogen (secondary N) is 1. The molecule has 0 unspecified atom stereocenters. The molecule has 0 atom stereocenters. The summed E-state index contributed by atoms with van der Waals surface area (Å²) in [6.45, 7) is 0. The van der Waals surface area contributed by atoms with Crippen LogP contribution in [0.25, 0.3) is 6.08 Å². The Bertz CT molecular complexity index is 1030. The summed E-state index contributed by atoms with van der Waals surface area (Å²) in [6, 6.07) is 25.0. The fourth-order valence-corrected chi connectivity index (χ4v) is 2.93. The second-order valence-electron chi connectivity index (χ2n) is 6.56. The Labute approximate surface area is 176 Å². The number of carbonyl (C=O) groups is 1. The van der Waals surface area contributed by atoms with Crippen molar-refractivity contribution >= 4 is 18.2 Å². The third-order valence-corrected chi connectivity index (χ3v) is 4.46. The molecule has 0 radical (unpaired) electrons. The average molecular weight is 400 g/mol. The van der Waals surface area contributed by atoms with Gasteiger partial charge in [-0.05, 0) is 34.9 Å². The molecule has 0 aliphatic rings. The van der Waals surface area contributed by atoms with Crippen molar-refractivity contribution in [3.63, 3.8) is 0 Å². The molecule has 152 valence electrons. The predicted molar refractivity (Wildman–Crippen MR) is 120 cm³/mol. The molecule has 0 fully saturated rings. The van der Waals surface area contributed by atoms with Crippen molar-refractivity contribution in [2.45, 2.75) is 6.42 Å². The lowest BCUT2D eigenvalue weighted by molar-refractivity contribution is -0.117. The lowest BCUT2D eigenvalue weighted by atomic mass is 10.0. The summed E-state index contributed by atoms with van der Waals surface area (Å²) >= 11 is 0. The monoisotopic (exact) mass is 400 g/mol. The first-order valence-electron chi connectivity index (χ1n) is 9.54. The minimum absolute atomic E-state index is 0.263. The molecular formula is C25H24N2O3. The molecule has 0 saturated heterocycles. The van der Waals surface area contributed by atoms with Crippen LogP contribution in [0.15, 0.2) is 89.5 Å². The largest absolute Gasteiger partial charge is 0.493 e. The normalized spacial score (nSPS) is 11.3. The van der Waals surface area contributed by atoms with Crippen molar-refractivity contribution in [1.29, 1.82) is 0 Å². The van der Waals surface area contributed by atoms with E-state index in [0.717, 1.165) is 16.7 Å². The van der Waals surface area contributed by atoms with Crippen molar-refractivity contribution in [1.82, 2.24) is 5.43 Å². The van der Waals surface area contributed by atoms with E-state index in [1.54, 1.807) is 20.4 Å². The number of hydrazone groups is 1. The van der Waals surface area contributed by atoms with Gasteiger partial charge in [-0.2, -0.15) is 5.10 Å². The molecular weight excluding hydrogens is 376 g/mol. The van der Waals surface area contributed by atoms with E-state index in [-0.39, 0.29) is 5.91 Å². The van der Waals surface area contributed by atoms with Crippen molar-refractivity contribution in [2.75, 3.05) is 14.2 Å². The fraction of sp³-hybridized carbons (Fsp3) is 0.120. The molecule has 0 aromatic heterocycles. The Morgan fingerprint density at radius 2 is 1.53 bits per heavy atom. The second-order valence-corrected chi connectivity index (χ2v) is 6.56. The number of hydrogen-bond acceptors (Lipinski definition) is 4. The Hall–Kier alpha value is -3.86. The Morgan fingerprint density at radius 1 is 0.867 bits per heavy atom.